The monoisotopic (exact) mass is 342 g/mol. The van der Waals surface area contributed by atoms with Crippen molar-refractivity contribution in [3.8, 4) is 0 Å². The molecule has 9 heteroatoms. The van der Waals surface area contributed by atoms with Crippen LogP contribution < -0.4 is 11.1 Å². The predicted molar refractivity (Wildman–Crippen MR) is 80.5 cm³/mol. The molecule has 3 unspecified atom stereocenters. The summed E-state index contributed by atoms with van der Waals surface area (Å²) in [5, 5.41) is 11.2. The second kappa shape index (κ2) is 8.99. The minimum Gasteiger partial charge on any atom is -0.481 e. The molecule has 0 radical (unpaired) electrons. The van der Waals surface area contributed by atoms with Crippen LogP contribution >= 0.6 is 0 Å². The van der Waals surface area contributed by atoms with Crippen molar-refractivity contribution in [2.45, 2.75) is 45.1 Å². The number of ether oxygens (including phenoxy) is 1. The second-order valence-corrected chi connectivity index (χ2v) is 5.81. The highest BCUT2D eigenvalue weighted by atomic mass is 16.5. The molecule has 3 atom stereocenters. The van der Waals surface area contributed by atoms with Crippen LogP contribution in [0.3, 0.4) is 0 Å². The number of nitrogens with two attached hydrogens (primary N) is 1. The lowest BCUT2D eigenvalue weighted by molar-refractivity contribution is -0.148. The van der Waals surface area contributed by atoms with Gasteiger partial charge in [-0.05, 0) is 12.8 Å². The lowest BCUT2D eigenvalue weighted by atomic mass is 9.78. The minimum absolute atomic E-state index is 0.442. The van der Waals surface area contributed by atoms with E-state index in [0.717, 1.165) is 19.8 Å². The standard InChI is InChI=1S/C15H22N2O7/c1-8(18)24-7-12(19)11(6-13(20)21)17-15(23)10-5-3-2-4-9(10)14(16)22/h9-11H,2-7H2,1H3,(H2,16,22)(H,17,23)(H,20,21). The summed E-state index contributed by atoms with van der Waals surface area (Å²) >= 11 is 0. The topological polar surface area (TPSA) is 153 Å². The smallest absolute Gasteiger partial charge is 0.305 e. The van der Waals surface area contributed by atoms with E-state index in [9.17, 15) is 24.0 Å². The van der Waals surface area contributed by atoms with E-state index >= 15 is 0 Å². The summed E-state index contributed by atoms with van der Waals surface area (Å²) in [6, 6.07) is -1.33. The summed E-state index contributed by atoms with van der Waals surface area (Å²) in [5.74, 6) is -5.19. The average molecular weight is 342 g/mol. The Balaban J connectivity index is 2.78. The van der Waals surface area contributed by atoms with E-state index in [1.807, 2.05) is 0 Å². The molecule has 2 amide bonds. The fraction of sp³-hybridized carbons (Fsp3) is 0.667. The molecule has 9 nitrogen and oxygen atoms in total. The van der Waals surface area contributed by atoms with Gasteiger partial charge in [-0.25, -0.2) is 0 Å². The Morgan fingerprint density at radius 2 is 1.75 bits per heavy atom. The van der Waals surface area contributed by atoms with Gasteiger partial charge in [0.25, 0.3) is 0 Å². The normalized spacial score (nSPS) is 21.4. The molecule has 0 heterocycles. The first-order valence-electron chi connectivity index (χ1n) is 7.70. The van der Waals surface area contributed by atoms with Crippen molar-refractivity contribution in [3.05, 3.63) is 0 Å². The average Bonchev–Trinajstić information content (AvgIpc) is 2.51. The van der Waals surface area contributed by atoms with Gasteiger partial charge >= 0.3 is 11.9 Å². The summed E-state index contributed by atoms with van der Waals surface area (Å²) in [5.41, 5.74) is 5.31. The van der Waals surface area contributed by atoms with Crippen molar-refractivity contribution in [2.24, 2.45) is 17.6 Å². The first kappa shape index (κ1) is 19.6. The Bertz CT molecular complexity index is 532. The number of ketones is 1. The minimum atomic E-state index is -1.33. The number of carbonyl (C=O) groups is 5. The molecule has 1 aliphatic carbocycles. The first-order valence-corrected chi connectivity index (χ1v) is 7.70. The lowest BCUT2D eigenvalue weighted by Crippen LogP contribution is -2.49. The van der Waals surface area contributed by atoms with E-state index in [0.29, 0.717) is 12.8 Å². The Morgan fingerprint density at radius 3 is 2.25 bits per heavy atom. The van der Waals surface area contributed by atoms with Crippen molar-refractivity contribution in [1.29, 1.82) is 0 Å². The number of rotatable bonds is 8. The molecule has 0 bridgehead atoms. The molecular formula is C15H22N2O7. The van der Waals surface area contributed by atoms with E-state index in [1.54, 1.807) is 0 Å². The van der Waals surface area contributed by atoms with Crippen LogP contribution in [0, 0.1) is 11.8 Å². The lowest BCUT2D eigenvalue weighted by Gasteiger charge is -2.29. The van der Waals surface area contributed by atoms with Crippen LogP contribution in [0.25, 0.3) is 0 Å². The number of hydrogen-bond acceptors (Lipinski definition) is 6. The molecular weight excluding hydrogens is 320 g/mol. The van der Waals surface area contributed by atoms with Gasteiger partial charge in [-0.2, -0.15) is 0 Å². The van der Waals surface area contributed by atoms with Crippen LogP contribution in [-0.2, 0) is 28.7 Å². The van der Waals surface area contributed by atoms with Gasteiger partial charge in [-0.1, -0.05) is 12.8 Å². The quantitative estimate of drug-likeness (QED) is 0.496. The zero-order chi connectivity index (χ0) is 18.3. The maximum absolute atomic E-state index is 12.4. The van der Waals surface area contributed by atoms with Crippen molar-refractivity contribution in [1.82, 2.24) is 5.32 Å². The molecule has 1 fully saturated rings. The number of primary amides is 1. The molecule has 0 aromatic heterocycles. The van der Waals surface area contributed by atoms with Gasteiger partial charge < -0.3 is 20.9 Å². The van der Waals surface area contributed by atoms with Crippen molar-refractivity contribution < 1.29 is 33.8 Å². The second-order valence-electron chi connectivity index (χ2n) is 5.81. The molecule has 134 valence electrons. The Labute approximate surface area is 138 Å². The number of carboxylic acids is 1. The Kier molecular flexibility index (Phi) is 7.34. The maximum Gasteiger partial charge on any atom is 0.305 e. The third-order valence-electron chi connectivity index (χ3n) is 3.97. The number of carbonyl (C=O) groups excluding carboxylic acids is 4. The van der Waals surface area contributed by atoms with Gasteiger partial charge in [0.1, 0.15) is 6.04 Å². The third-order valence-corrected chi connectivity index (χ3v) is 3.97. The van der Waals surface area contributed by atoms with E-state index < -0.39 is 60.4 Å². The molecule has 1 rings (SSSR count). The molecule has 0 aromatic carbocycles. The summed E-state index contributed by atoms with van der Waals surface area (Å²) in [4.78, 5) is 57.5. The van der Waals surface area contributed by atoms with Gasteiger partial charge in [0.15, 0.2) is 12.4 Å². The van der Waals surface area contributed by atoms with Crippen LogP contribution in [0.2, 0.25) is 0 Å². The Morgan fingerprint density at radius 1 is 1.17 bits per heavy atom. The number of carboxylic acid groups (broad SMARTS) is 1. The van der Waals surface area contributed by atoms with Crippen molar-refractivity contribution >= 4 is 29.5 Å². The van der Waals surface area contributed by atoms with E-state index in [-0.39, 0.29) is 0 Å². The zero-order valence-corrected chi connectivity index (χ0v) is 13.4. The third kappa shape index (κ3) is 5.98. The fourth-order valence-electron chi connectivity index (χ4n) is 2.76. The molecule has 4 N–H and O–H groups in total. The zero-order valence-electron chi connectivity index (χ0n) is 13.4. The fourth-order valence-corrected chi connectivity index (χ4v) is 2.76. The van der Waals surface area contributed by atoms with Gasteiger partial charge in [0, 0.05) is 18.8 Å². The van der Waals surface area contributed by atoms with Gasteiger partial charge in [-0.3, -0.25) is 24.0 Å². The van der Waals surface area contributed by atoms with Crippen molar-refractivity contribution in [3.63, 3.8) is 0 Å². The van der Waals surface area contributed by atoms with Crippen LogP contribution in [0.1, 0.15) is 39.0 Å². The molecule has 24 heavy (non-hydrogen) atoms. The van der Waals surface area contributed by atoms with Crippen LogP contribution in [-0.4, -0.2) is 47.3 Å². The molecule has 0 aliphatic heterocycles. The number of hydrogen-bond donors (Lipinski definition) is 3. The number of Topliss-reactive ketones (excluding diaryl/α,β-unsaturated/α-hetero) is 1. The highest BCUT2D eigenvalue weighted by Gasteiger charge is 2.36. The number of amides is 2. The molecule has 1 aliphatic rings. The highest BCUT2D eigenvalue weighted by molar-refractivity contribution is 5.95. The molecule has 1 saturated carbocycles. The number of esters is 1. The van der Waals surface area contributed by atoms with E-state index in [4.69, 9.17) is 10.8 Å². The van der Waals surface area contributed by atoms with Crippen LogP contribution in [0.5, 0.6) is 0 Å². The first-order chi connectivity index (χ1) is 11.2. The largest absolute Gasteiger partial charge is 0.481 e. The summed E-state index contributed by atoms with van der Waals surface area (Å²) in [6.45, 7) is 0.481. The molecule has 0 aromatic rings. The number of nitrogens with one attached hydrogen (secondary N) is 1. The maximum atomic E-state index is 12.4. The summed E-state index contributed by atoms with van der Waals surface area (Å²) < 4.78 is 4.55. The number of aliphatic carboxylic acids is 1. The van der Waals surface area contributed by atoms with Crippen LogP contribution in [0.15, 0.2) is 0 Å². The van der Waals surface area contributed by atoms with Gasteiger partial charge in [0.2, 0.25) is 11.8 Å². The molecule has 0 spiro atoms. The SMILES string of the molecule is CC(=O)OCC(=O)C(CC(=O)O)NC(=O)C1CCCCC1C(N)=O. The summed E-state index contributed by atoms with van der Waals surface area (Å²) in [7, 11) is 0. The Hall–Kier alpha value is -2.45. The van der Waals surface area contributed by atoms with E-state index in [1.165, 1.54) is 0 Å². The predicted octanol–water partition coefficient (Wildman–Crippen LogP) is -0.630. The van der Waals surface area contributed by atoms with Crippen molar-refractivity contribution in [2.75, 3.05) is 6.61 Å². The van der Waals surface area contributed by atoms with Crippen LogP contribution in [0.4, 0.5) is 0 Å². The van der Waals surface area contributed by atoms with Gasteiger partial charge in [0.05, 0.1) is 6.42 Å². The van der Waals surface area contributed by atoms with E-state index in [2.05, 4.69) is 10.1 Å². The van der Waals surface area contributed by atoms with Gasteiger partial charge in [-0.15, -0.1) is 0 Å². The highest BCUT2D eigenvalue weighted by Crippen LogP contribution is 2.30. The summed E-state index contributed by atoms with van der Waals surface area (Å²) in [6.07, 6.45) is 1.81. The molecule has 0 saturated heterocycles.